The van der Waals surface area contributed by atoms with Crippen LogP contribution in [0.3, 0.4) is 0 Å². The average molecular weight is 337 g/mol. The SMILES string of the molecule is COC(=O)[C@H]1C[C@@H](Cl)CN1C(=O)c1ccc(Cl)cc1Cl. The fourth-order valence-corrected chi connectivity index (χ4v) is 2.99. The molecule has 0 aliphatic carbocycles. The summed E-state index contributed by atoms with van der Waals surface area (Å²) in [7, 11) is 1.28. The van der Waals surface area contributed by atoms with Crippen molar-refractivity contribution in [3.8, 4) is 0 Å². The van der Waals surface area contributed by atoms with Crippen molar-refractivity contribution in [1.82, 2.24) is 4.90 Å². The molecule has 1 heterocycles. The number of likely N-dealkylation sites (tertiary alicyclic amines) is 1. The van der Waals surface area contributed by atoms with Gasteiger partial charge in [-0.15, -0.1) is 11.6 Å². The minimum atomic E-state index is -0.679. The van der Waals surface area contributed by atoms with Crippen molar-refractivity contribution >= 4 is 46.7 Å². The van der Waals surface area contributed by atoms with Crippen LogP contribution in [0.5, 0.6) is 0 Å². The molecule has 1 saturated heterocycles. The van der Waals surface area contributed by atoms with E-state index in [2.05, 4.69) is 0 Å². The first-order valence-corrected chi connectivity index (χ1v) is 7.11. The second-order valence-electron chi connectivity index (χ2n) is 4.45. The number of amides is 1. The molecule has 0 aromatic heterocycles. The molecule has 1 aromatic carbocycles. The van der Waals surface area contributed by atoms with Crippen LogP contribution in [0.1, 0.15) is 16.8 Å². The standard InChI is InChI=1S/C13H12Cl3NO3/c1-20-13(19)11-5-8(15)6-17(11)12(18)9-3-2-7(14)4-10(9)16/h2-4,8,11H,5-6H2,1H3/t8-,11-/m1/s1. The van der Waals surface area contributed by atoms with Crippen LogP contribution in [0.15, 0.2) is 18.2 Å². The zero-order valence-corrected chi connectivity index (χ0v) is 12.9. The molecule has 7 heteroatoms. The first-order valence-electron chi connectivity index (χ1n) is 5.92. The Kier molecular flexibility index (Phi) is 4.78. The smallest absolute Gasteiger partial charge is 0.328 e. The van der Waals surface area contributed by atoms with Crippen LogP contribution in [0.2, 0.25) is 10.0 Å². The summed E-state index contributed by atoms with van der Waals surface area (Å²) in [6, 6.07) is 3.91. The quantitative estimate of drug-likeness (QED) is 0.616. The summed E-state index contributed by atoms with van der Waals surface area (Å²) in [6.45, 7) is 0.277. The van der Waals surface area contributed by atoms with Crippen molar-refractivity contribution in [2.75, 3.05) is 13.7 Å². The molecule has 20 heavy (non-hydrogen) atoms. The Balaban J connectivity index is 2.29. The highest BCUT2D eigenvalue weighted by Crippen LogP contribution is 2.28. The highest BCUT2D eigenvalue weighted by atomic mass is 35.5. The Morgan fingerprint density at radius 3 is 2.65 bits per heavy atom. The third-order valence-corrected chi connectivity index (χ3v) is 4.01. The Hall–Kier alpha value is -0.970. The molecule has 0 unspecified atom stereocenters. The normalized spacial score (nSPS) is 21.9. The van der Waals surface area contributed by atoms with Crippen LogP contribution >= 0.6 is 34.8 Å². The van der Waals surface area contributed by atoms with E-state index < -0.39 is 12.0 Å². The van der Waals surface area contributed by atoms with E-state index in [-0.39, 0.29) is 28.4 Å². The van der Waals surface area contributed by atoms with Gasteiger partial charge >= 0.3 is 5.97 Å². The third kappa shape index (κ3) is 3.03. The van der Waals surface area contributed by atoms with Crippen molar-refractivity contribution in [3.63, 3.8) is 0 Å². The summed E-state index contributed by atoms with van der Waals surface area (Å²) < 4.78 is 4.70. The summed E-state index contributed by atoms with van der Waals surface area (Å²) in [5, 5.41) is 0.394. The second-order valence-corrected chi connectivity index (χ2v) is 5.91. The first kappa shape index (κ1) is 15.4. The number of benzene rings is 1. The van der Waals surface area contributed by atoms with Crippen molar-refractivity contribution in [1.29, 1.82) is 0 Å². The van der Waals surface area contributed by atoms with Crippen LogP contribution < -0.4 is 0 Å². The van der Waals surface area contributed by atoms with E-state index in [1.54, 1.807) is 6.07 Å². The average Bonchev–Trinajstić information content (AvgIpc) is 2.79. The van der Waals surface area contributed by atoms with Gasteiger partial charge in [0.05, 0.1) is 23.1 Å². The largest absolute Gasteiger partial charge is 0.467 e. The van der Waals surface area contributed by atoms with Crippen LogP contribution in [0.4, 0.5) is 0 Å². The summed E-state index contributed by atoms with van der Waals surface area (Å²) in [5.74, 6) is -0.836. The van der Waals surface area contributed by atoms with Gasteiger partial charge in [0.1, 0.15) is 6.04 Å². The van der Waals surface area contributed by atoms with Gasteiger partial charge in [0.15, 0.2) is 0 Å². The van der Waals surface area contributed by atoms with Crippen molar-refractivity contribution in [2.24, 2.45) is 0 Å². The number of alkyl halides is 1. The molecular weight excluding hydrogens is 325 g/mol. The number of hydrogen-bond acceptors (Lipinski definition) is 3. The number of ether oxygens (including phenoxy) is 1. The Bertz CT molecular complexity index is 550. The molecule has 1 amide bonds. The predicted molar refractivity (Wildman–Crippen MR) is 77.6 cm³/mol. The van der Waals surface area contributed by atoms with Crippen LogP contribution in [0.25, 0.3) is 0 Å². The highest BCUT2D eigenvalue weighted by Gasteiger charge is 2.40. The van der Waals surface area contributed by atoms with Gasteiger partial charge in [0, 0.05) is 11.6 Å². The van der Waals surface area contributed by atoms with E-state index >= 15 is 0 Å². The van der Waals surface area contributed by atoms with E-state index in [0.717, 1.165) is 0 Å². The number of methoxy groups -OCH3 is 1. The topological polar surface area (TPSA) is 46.6 Å². The lowest BCUT2D eigenvalue weighted by atomic mass is 10.1. The van der Waals surface area contributed by atoms with Gasteiger partial charge in [-0.05, 0) is 24.6 Å². The molecule has 1 aliphatic heterocycles. The lowest BCUT2D eigenvalue weighted by Gasteiger charge is -2.23. The fraction of sp³-hybridized carbons (Fsp3) is 0.385. The van der Waals surface area contributed by atoms with Crippen molar-refractivity contribution in [3.05, 3.63) is 33.8 Å². The minimum Gasteiger partial charge on any atom is -0.467 e. The fourth-order valence-electron chi connectivity index (χ4n) is 2.19. The number of carbonyl (C=O) groups excluding carboxylic acids is 2. The Morgan fingerprint density at radius 2 is 2.05 bits per heavy atom. The van der Waals surface area contributed by atoms with Crippen molar-refractivity contribution in [2.45, 2.75) is 17.8 Å². The minimum absolute atomic E-state index is 0.240. The summed E-state index contributed by atoms with van der Waals surface area (Å²) >= 11 is 17.9. The van der Waals surface area contributed by atoms with E-state index in [9.17, 15) is 9.59 Å². The number of esters is 1. The highest BCUT2D eigenvalue weighted by molar-refractivity contribution is 6.36. The third-order valence-electron chi connectivity index (χ3n) is 3.15. The Morgan fingerprint density at radius 1 is 1.35 bits per heavy atom. The van der Waals surface area contributed by atoms with Gasteiger partial charge in [0.2, 0.25) is 0 Å². The van der Waals surface area contributed by atoms with Crippen LogP contribution in [-0.2, 0) is 9.53 Å². The number of halogens is 3. The maximum atomic E-state index is 12.5. The summed E-state index contributed by atoms with van der Waals surface area (Å²) in [4.78, 5) is 25.6. The van der Waals surface area contributed by atoms with Gasteiger partial charge < -0.3 is 9.64 Å². The monoisotopic (exact) mass is 335 g/mol. The molecule has 0 N–H and O–H groups in total. The molecule has 4 nitrogen and oxygen atoms in total. The second kappa shape index (κ2) is 6.20. The zero-order chi connectivity index (χ0) is 14.9. The molecule has 108 valence electrons. The van der Waals surface area contributed by atoms with Gasteiger partial charge in [0.25, 0.3) is 5.91 Å². The molecule has 0 spiro atoms. The number of nitrogens with zero attached hydrogens (tertiary/aromatic N) is 1. The number of rotatable bonds is 2. The molecule has 1 fully saturated rings. The van der Waals surface area contributed by atoms with Crippen molar-refractivity contribution < 1.29 is 14.3 Å². The molecule has 0 bridgehead atoms. The Labute approximate surface area is 131 Å². The van der Waals surface area contributed by atoms with Gasteiger partial charge in [-0.25, -0.2) is 4.79 Å². The molecule has 1 aliphatic rings. The van der Waals surface area contributed by atoms with Gasteiger partial charge in [-0.3, -0.25) is 4.79 Å². The number of hydrogen-bond donors (Lipinski definition) is 0. The van der Waals surface area contributed by atoms with E-state index in [1.165, 1.54) is 24.1 Å². The molecular formula is C13H12Cl3NO3. The van der Waals surface area contributed by atoms with E-state index in [0.29, 0.717) is 11.4 Å². The summed E-state index contributed by atoms with van der Waals surface area (Å²) in [6.07, 6.45) is 0.366. The van der Waals surface area contributed by atoms with Gasteiger partial charge in [-0.2, -0.15) is 0 Å². The maximum Gasteiger partial charge on any atom is 0.328 e. The zero-order valence-electron chi connectivity index (χ0n) is 10.6. The van der Waals surface area contributed by atoms with E-state index in [1.807, 2.05) is 0 Å². The first-order chi connectivity index (χ1) is 9.43. The molecule has 2 rings (SSSR count). The molecule has 0 saturated carbocycles. The maximum absolute atomic E-state index is 12.5. The van der Waals surface area contributed by atoms with E-state index in [4.69, 9.17) is 39.5 Å². The summed E-state index contributed by atoms with van der Waals surface area (Å²) in [5.41, 5.74) is 0.288. The lowest BCUT2D eigenvalue weighted by Crippen LogP contribution is -2.41. The van der Waals surface area contributed by atoms with Crippen LogP contribution in [0, 0.1) is 0 Å². The predicted octanol–water partition coefficient (Wildman–Crippen LogP) is 2.99. The number of carbonyl (C=O) groups is 2. The van der Waals surface area contributed by atoms with Crippen LogP contribution in [-0.4, -0.2) is 41.8 Å². The molecule has 2 atom stereocenters. The molecule has 0 radical (unpaired) electrons. The van der Waals surface area contributed by atoms with Gasteiger partial charge in [-0.1, -0.05) is 23.2 Å². The lowest BCUT2D eigenvalue weighted by molar-refractivity contribution is -0.145. The molecule has 1 aromatic rings.